The molecular weight excluding hydrogens is 738 g/mol. The molecule has 0 saturated carbocycles. The summed E-state index contributed by atoms with van der Waals surface area (Å²) >= 11 is 0. The molecule has 314 valence electrons. The van der Waals surface area contributed by atoms with E-state index in [-0.39, 0.29) is 50.0 Å². The predicted molar refractivity (Wildman–Crippen MR) is 210 cm³/mol. The van der Waals surface area contributed by atoms with Crippen LogP contribution in [0.3, 0.4) is 0 Å². The summed E-state index contributed by atoms with van der Waals surface area (Å²) in [5, 5.41) is 0. The molecule has 1 aromatic carbocycles. The van der Waals surface area contributed by atoms with E-state index in [2.05, 4.69) is 4.98 Å². The van der Waals surface area contributed by atoms with Crippen LogP contribution in [0, 0.1) is 0 Å². The number of carbonyl (C=O) groups excluding carboxylic acids is 4. The van der Waals surface area contributed by atoms with Crippen molar-refractivity contribution in [2.75, 3.05) is 27.1 Å². The Morgan fingerprint density at radius 2 is 1.74 bits per heavy atom. The maximum atomic E-state index is 13.8. The van der Waals surface area contributed by atoms with Gasteiger partial charge in [0.1, 0.15) is 46.3 Å². The lowest BCUT2D eigenvalue weighted by atomic mass is 10.00. The molecule has 1 unspecified atom stereocenters. The standard InChI is InChI=1S/C42H59N3O12/c1-27-17-18-31(46)36-32(54-42(9,10)55-36)16-14-15-29-23-30(24-33(52-26-50-11)35(29)37(47)53-28(27)2)51-22-13-12-20-44(38(48)56-40(3,4)5)25-34-43-19-21-45(34)39(49)57-41(6,7)8/h14-15,17,19,21,23-24,28,32,36H,12-13,16,18,20,22,25-26H2,1-11H3/t28-,32-,36?/m0/s1. The molecule has 0 bridgehead atoms. The Balaban J connectivity index is 1.54. The number of esters is 1. The summed E-state index contributed by atoms with van der Waals surface area (Å²) in [5.41, 5.74) is -0.111. The average Bonchev–Trinajstić information content (AvgIpc) is 3.69. The Bertz CT molecular complexity index is 1800. The molecule has 1 amide bonds. The summed E-state index contributed by atoms with van der Waals surface area (Å²) in [6.07, 6.45) is 6.68. The molecule has 0 N–H and O–H groups in total. The second kappa shape index (κ2) is 19.1. The molecule has 15 heteroatoms. The predicted octanol–water partition coefficient (Wildman–Crippen LogP) is 7.63. The number of hydrogen-bond acceptors (Lipinski definition) is 13. The van der Waals surface area contributed by atoms with Gasteiger partial charge in [-0.2, -0.15) is 0 Å². The fraction of sp³-hybridized carbons (Fsp3) is 0.595. The van der Waals surface area contributed by atoms with E-state index < -0.39 is 53.5 Å². The van der Waals surface area contributed by atoms with Crippen molar-refractivity contribution in [3.8, 4) is 11.5 Å². The fourth-order valence-electron chi connectivity index (χ4n) is 6.00. The van der Waals surface area contributed by atoms with Crippen LogP contribution in [-0.2, 0) is 39.8 Å². The molecule has 2 aromatic rings. The lowest BCUT2D eigenvalue weighted by molar-refractivity contribution is -0.154. The molecule has 2 aliphatic heterocycles. The van der Waals surface area contributed by atoms with Crippen LogP contribution in [-0.4, -0.2) is 101 Å². The van der Waals surface area contributed by atoms with Gasteiger partial charge in [-0.25, -0.2) is 23.9 Å². The van der Waals surface area contributed by atoms with Crippen LogP contribution in [0.2, 0.25) is 0 Å². The van der Waals surface area contributed by atoms with Gasteiger partial charge in [0.05, 0.1) is 19.3 Å². The van der Waals surface area contributed by atoms with Gasteiger partial charge < -0.3 is 42.8 Å². The fourth-order valence-corrected chi connectivity index (χ4v) is 6.00. The molecule has 1 saturated heterocycles. The summed E-state index contributed by atoms with van der Waals surface area (Å²) in [4.78, 5) is 58.9. The zero-order valence-electron chi connectivity index (χ0n) is 35.2. The van der Waals surface area contributed by atoms with Gasteiger partial charge in [0, 0.05) is 38.5 Å². The van der Waals surface area contributed by atoms with Gasteiger partial charge in [-0.05, 0) is 106 Å². The Hall–Kier alpha value is -4.73. The average molecular weight is 798 g/mol. The number of ketones is 1. The smallest absolute Gasteiger partial charge is 0.420 e. The van der Waals surface area contributed by atoms with E-state index in [0.29, 0.717) is 42.0 Å². The van der Waals surface area contributed by atoms with Crippen LogP contribution in [0.15, 0.2) is 42.3 Å². The maximum Gasteiger partial charge on any atom is 0.420 e. The van der Waals surface area contributed by atoms with Gasteiger partial charge in [0.25, 0.3) is 0 Å². The summed E-state index contributed by atoms with van der Waals surface area (Å²) in [6, 6.07) is 3.33. The lowest BCUT2D eigenvalue weighted by Crippen LogP contribution is -2.38. The molecule has 1 aromatic heterocycles. The number of ether oxygens (including phenoxy) is 8. The summed E-state index contributed by atoms with van der Waals surface area (Å²) in [7, 11) is 1.47. The lowest BCUT2D eigenvalue weighted by Gasteiger charge is -2.27. The minimum atomic E-state index is -0.940. The third-order valence-electron chi connectivity index (χ3n) is 8.74. The number of Topliss-reactive ketones (excluding diaryl/α,β-unsaturated/α-hetero) is 1. The molecular formula is C42H59N3O12. The first-order chi connectivity index (χ1) is 26.7. The van der Waals surface area contributed by atoms with Crippen molar-refractivity contribution in [1.29, 1.82) is 0 Å². The molecule has 4 rings (SSSR count). The Morgan fingerprint density at radius 3 is 2.42 bits per heavy atom. The van der Waals surface area contributed by atoms with E-state index in [4.69, 9.17) is 37.9 Å². The summed E-state index contributed by atoms with van der Waals surface area (Å²) in [5.74, 6) is -0.743. The van der Waals surface area contributed by atoms with Crippen LogP contribution in [0.1, 0.15) is 117 Å². The quantitative estimate of drug-likeness (QED) is 0.0718. The number of carbonyl (C=O) groups is 4. The monoisotopic (exact) mass is 797 g/mol. The molecule has 0 radical (unpaired) electrons. The van der Waals surface area contributed by atoms with Gasteiger partial charge in [-0.3, -0.25) is 4.79 Å². The van der Waals surface area contributed by atoms with Gasteiger partial charge >= 0.3 is 18.2 Å². The molecule has 2 aliphatic rings. The van der Waals surface area contributed by atoms with Gasteiger partial charge in [-0.15, -0.1) is 0 Å². The molecule has 1 fully saturated rings. The number of rotatable bonds is 11. The number of cyclic esters (lactones) is 1. The summed E-state index contributed by atoms with van der Waals surface area (Å²) in [6.45, 7) is 18.1. The first-order valence-corrected chi connectivity index (χ1v) is 19.2. The van der Waals surface area contributed by atoms with Crippen molar-refractivity contribution in [1.82, 2.24) is 14.5 Å². The Labute approximate surface area is 335 Å². The van der Waals surface area contributed by atoms with Gasteiger partial charge in [-0.1, -0.05) is 18.2 Å². The van der Waals surface area contributed by atoms with Gasteiger partial charge in [0.15, 0.2) is 18.4 Å². The van der Waals surface area contributed by atoms with Crippen molar-refractivity contribution in [2.24, 2.45) is 0 Å². The second-order valence-corrected chi connectivity index (χ2v) is 16.5. The number of benzene rings is 1. The van der Waals surface area contributed by atoms with Crippen molar-refractivity contribution >= 4 is 30.0 Å². The highest BCUT2D eigenvalue weighted by atomic mass is 16.8. The first-order valence-electron chi connectivity index (χ1n) is 19.2. The summed E-state index contributed by atoms with van der Waals surface area (Å²) < 4.78 is 47.7. The Morgan fingerprint density at radius 1 is 1.02 bits per heavy atom. The molecule has 3 heterocycles. The minimum Gasteiger partial charge on any atom is -0.493 e. The van der Waals surface area contributed by atoms with Crippen molar-refractivity contribution in [3.05, 3.63) is 59.2 Å². The van der Waals surface area contributed by atoms with Crippen molar-refractivity contribution in [2.45, 2.75) is 137 Å². The van der Waals surface area contributed by atoms with Crippen LogP contribution in [0.4, 0.5) is 9.59 Å². The number of amides is 1. The van der Waals surface area contributed by atoms with Crippen molar-refractivity contribution in [3.63, 3.8) is 0 Å². The third-order valence-corrected chi connectivity index (χ3v) is 8.74. The minimum absolute atomic E-state index is 0.00776. The topological polar surface area (TPSA) is 163 Å². The molecule has 15 nitrogen and oxygen atoms in total. The maximum absolute atomic E-state index is 13.8. The van der Waals surface area contributed by atoms with Crippen molar-refractivity contribution < 1.29 is 57.1 Å². The molecule has 3 atom stereocenters. The SMILES string of the molecule is COCOc1cc(OCCCCN(Cc2nccn2C(=O)OC(C)(C)C)C(=O)OC(C)(C)C)cc2c1C(=O)O[C@@H](C)C(C)=CCC(=O)C1OC(C)(C)O[C@H]1CC=C2. The number of fused-ring (bicyclic) bond motifs is 2. The molecule has 57 heavy (non-hydrogen) atoms. The number of nitrogens with zero attached hydrogens (tertiary/aromatic N) is 3. The number of methoxy groups -OCH3 is 1. The van der Waals surface area contributed by atoms with E-state index in [1.165, 1.54) is 29.0 Å². The number of aromatic nitrogens is 2. The van der Waals surface area contributed by atoms with E-state index in [0.717, 1.165) is 0 Å². The highest BCUT2D eigenvalue weighted by molar-refractivity contribution is 5.97. The number of unbranched alkanes of at least 4 members (excludes halogenated alkanes) is 1. The zero-order chi connectivity index (χ0) is 42.1. The number of hydrogen-bond donors (Lipinski definition) is 0. The number of imidazole rings is 1. The van der Waals surface area contributed by atoms with Crippen LogP contribution < -0.4 is 9.47 Å². The molecule has 0 spiro atoms. The van der Waals surface area contributed by atoms with Crippen LogP contribution in [0.5, 0.6) is 11.5 Å². The van der Waals surface area contributed by atoms with E-state index >= 15 is 0 Å². The zero-order valence-corrected chi connectivity index (χ0v) is 35.2. The van der Waals surface area contributed by atoms with Crippen LogP contribution >= 0.6 is 0 Å². The van der Waals surface area contributed by atoms with Crippen LogP contribution in [0.25, 0.3) is 6.08 Å². The molecule has 0 aliphatic carbocycles. The first kappa shape index (κ1) is 45.0. The van der Waals surface area contributed by atoms with Gasteiger partial charge in [0.2, 0.25) is 0 Å². The van der Waals surface area contributed by atoms with E-state index in [1.54, 1.807) is 93.5 Å². The number of allylic oxidation sites excluding steroid dienone is 1. The second-order valence-electron chi connectivity index (χ2n) is 16.5. The normalized spacial score (nSPS) is 20.1. The highest BCUT2D eigenvalue weighted by Crippen LogP contribution is 2.35. The largest absolute Gasteiger partial charge is 0.493 e. The van der Waals surface area contributed by atoms with E-state index in [1.807, 2.05) is 6.08 Å². The Kier molecular flexibility index (Phi) is 15.1. The highest BCUT2D eigenvalue weighted by Gasteiger charge is 2.44. The third kappa shape index (κ3) is 13.4. The van der Waals surface area contributed by atoms with E-state index in [9.17, 15) is 19.2 Å².